The third kappa shape index (κ3) is 5.68. The van der Waals surface area contributed by atoms with E-state index in [1.54, 1.807) is 0 Å². The number of pyridine rings is 1. The minimum Gasteiger partial charge on any atom is -0.309 e. The van der Waals surface area contributed by atoms with Crippen molar-refractivity contribution in [1.82, 2.24) is 4.57 Å². The Labute approximate surface area is 113 Å². The fourth-order valence-electron chi connectivity index (χ4n) is 2.04. The van der Waals surface area contributed by atoms with Gasteiger partial charge in [-0.1, -0.05) is 45.4 Å². The third-order valence-electron chi connectivity index (χ3n) is 3.18. The summed E-state index contributed by atoms with van der Waals surface area (Å²) < 4.78 is 1.43. The van der Waals surface area contributed by atoms with Crippen molar-refractivity contribution in [2.75, 3.05) is 0 Å². The van der Waals surface area contributed by atoms with E-state index in [0.29, 0.717) is 6.54 Å². The topological polar surface area (TPSA) is 65.1 Å². The van der Waals surface area contributed by atoms with Crippen LogP contribution in [0.5, 0.6) is 0 Å². The summed E-state index contributed by atoms with van der Waals surface area (Å²) in [5.74, 6) is 0. The Hall–Kier alpha value is -1.65. The van der Waals surface area contributed by atoms with Gasteiger partial charge in [-0.15, -0.1) is 0 Å². The van der Waals surface area contributed by atoms with Gasteiger partial charge >= 0.3 is 0 Å². The molecular weight excluding hydrogens is 244 g/mol. The normalized spacial score (nSPS) is 10.6. The van der Waals surface area contributed by atoms with Crippen LogP contribution in [-0.4, -0.2) is 9.49 Å². The highest BCUT2D eigenvalue weighted by atomic mass is 16.6. The summed E-state index contributed by atoms with van der Waals surface area (Å²) in [6.45, 7) is 2.75. The molecule has 1 heterocycles. The van der Waals surface area contributed by atoms with E-state index in [0.717, 1.165) is 12.8 Å². The number of rotatable bonds is 9. The van der Waals surface area contributed by atoms with E-state index >= 15 is 0 Å². The first kappa shape index (κ1) is 15.4. The fraction of sp³-hybridized carbons (Fsp3) is 0.643. The summed E-state index contributed by atoms with van der Waals surface area (Å²) in [4.78, 5) is 21.7. The molecule has 0 aliphatic rings. The van der Waals surface area contributed by atoms with Crippen LogP contribution >= 0.6 is 0 Å². The fourth-order valence-corrected chi connectivity index (χ4v) is 2.04. The second-order valence-electron chi connectivity index (χ2n) is 4.80. The first-order valence-electron chi connectivity index (χ1n) is 7.00. The van der Waals surface area contributed by atoms with Gasteiger partial charge < -0.3 is 4.57 Å². The number of hydrogen-bond acceptors (Lipinski definition) is 3. The molecule has 0 spiro atoms. The Morgan fingerprint density at radius 1 is 1.11 bits per heavy atom. The molecule has 1 rings (SSSR count). The van der Waals surface area contributed by atoms with E-state index < -0.39 is 4.92 Å². The predicted molar refractivity (Wildman–Crippen MR) is 75.3 cm³/mol. The molecule has 0 saturated heterocycles. The van der Waals surface area contributed by atoms with Crippen molar-refractivity contribution >= 4 is 5.69 Å². The number of nitro groups is 1. The molecule has 0 amide bonds. The molecule has 0 aliphatic heterocycles. The SMILES string of the molecule is CCCCCCCCCn1cc([N+](=O)[O-])ccc1=O. The molecule has 0 aliphatic carbocycles. The maximum atomic E-state index is 11.5. The molecule has 0 N–H and O–H groups in total. The zero-order valence-corrected chi connectivity index (χ0v) is 11.5. The van der Waals surface area contributed by atoms with Crippen LogP contribution < -0.4 is 5.56 Å². The lowest BCUT2D eigenvalue weighted by Gasteiger charge is -2.05. The first-order valence-corrected chi connectivity index (χ1v) is 7.00. The summed E-state index contributed by atoms with van der Waals surface area (Å²) in [6.07, 6.45) is 9.49. The van der Waals surface area contributed by atoms with Gasteiger partial charge in [-0.3, -0.25) is 14.9 Å². The van der Waals surface area contributed by atoms with Crippen molar-refractivity contribution in [3.63, 3.8) is 0 Å². The summed E-state index contributed by atoms with van der Waals surface area (Å²) >= 11 is 0. The van der Waals surface area contributed by atoms with Crippen molar-refractivity contribution in [3.8, 4) is 0 Å². The molecule has 0 atom stereocenters. The van der Waals surface area contributed by atoms with Gasteiger partial charge in [0.1, 0.15) is 0 Å². The third-order valence-corrected chi connectivity index (χ3v) is 3.18. The molecule has 1 aromatic rings. The number of nitrogens with zero attached hydrogens (tertiary/aromatic N) is 2. The maximum absolute atomic E-state index is 11.5. The highest BCUT2D eigenvalue weighted by molar-refractivity contribution is 5.24. The molecule has 5 nitrogen and oxygen atoms in total. The van der Waals surface area contributed by atoms with E-state index in [-0.39, 0.29) is 11.2 Å². The second kappa shape index (κ2) is 8.45. The van der Waals surface area contributed by atoms with Crippen molar-refractivity contribution in [3.05, 3.63) is 38.8 Å². The Morgan fingerprint density at radius 2 is 1.74 bits per heavy atom. The lowest BCUT2D eigenvalue weighted by molar-refractivity contribution is -0.385. The molecule has 0 radical (unpaired) electrons. The van der Waals surface area contributed by atoms with Crippen LogP contribution in [-0.2, 0) is 6.54 Å². The molecule has 0 saturated carbocycles. The largest absolute Gasteiger partial charge is 0.309 e. The molecule has 0 aromatic carbocycles. The number of aryl methyl sites for hydroxylation is 1. The van der Waals surface area contributed by atoms with E-state index in [1.165, 1.54) is 55.0 Å². The van der Waals surface area contributed by atoms with Crippen molar-refractivity contribution in [1.29, 1.82) is 0 Å². The van der Waals surface area contributed by atoms with Gasteiger partial charge in [0.05, 0.1) is 11.1 Å². The Kier molecular flexibility index (Phi) is 6.85. The second-order valence-corrected chi connectivity index (χ2v) is 4.80. The minimum atomic E-state index is -0.472. The number of unbranched alkanes of at least 4 members (excludes halogenated alkanes) is 6. The van der Waals surface area contributed by atoms with Crippen LogP contribution in [0.4, 0.5) is 5.69 Å². The quantitative estimate of drug-likeness (QED) is 0.390. The Balaban J connectivity index is 2.34. The minimum absolute atomic E-state index is 0.0254. The zero-order valence-electron chi connectivity index (χ0n) is 11.5. The van der Waals surface area contributed by atoms with E-state index in [9.17, 15) is 14.9 Å². The van der Waals surface area contributed by atoms with Crippen molar-refractivity contribution < 1.29 is 4.92 Å². The monoisotopic (exact) mass is 266 g/mol. The highest BCUT2D eigenvalue weighted by Gasteiger charge is 2.07. The van der Waals surface area contributed by atoms with Crippen molar-refractivity contribution in [2.24, 2.45) is 0 Å². The highest BCUT2D eigenvalue weighted by Crippen LogP contribution is 2.09. The van der Waals surface area contributed by atoms with E-state index in [2.05, 4.69) is 6.92 Å². The summed E-state index contributed by atoms with van der Waals surface area (Å²) in [5.41, 5.74) is -0.195. The summed E-state index contributed by atoms with van der Waals surface area (Å²) in [6, 6.07) is 2.52. The van der Waals surface area contributed by atoms with Gasteiger partial charge in [-0.05, 0) is 6.42 Å². The molecule has 0 fully saturated rings. The lowest BCUT2D eigenvalue weighted by Crippen LogP contribution is -2.18. The maximum Gasteiger partial charge on any atom is 0.285 e. The average molecular weight is 266 g/mol. The smallest absolute Gasteiger partial charge is 0.285 e. The van der Waals surface area contributed by atoms with Crippen LogP contribution in [0.2, 0.25) is 0 Å². The number of aromatic nitrogens is 1. The molecular formula is C14H22N2O3. The van der Waals surface area contributed by atoms with Gasteiger partial charge in [-0.25, -0.2) is 0 Å². The molecule has 106 valence electrons. The van der Waals surface area contributed by atoms with Crippen LogP contribution in [0.1, 0.15) is 51.9 Å². The van der Waals surface area contributed by atoms with Crippen LogP contribution in [0, 0.1) is 10.1 Å². The van der Waals surface area contributed by atoms with Gasteiger partial charge in [0.2, 0.25) is 0 Å². The van der Waals surface area contributed by atoms with E-state index in [1.807, 2.05) is 0 Å². The first-order chi connectivity index (χ1) is 9.15. The van der Waals surface area contributed by atoms with Gasteiger partial charge in [-0.2, -0.15) is 0 Å². The summed E-state index contributed by atoms with van der Waals surface area (Å²) in [7, 11) is 0. The van der Waals surface area contributed by atoms with Gasteiger partial charge in [0.15, 0.2) is 0 Å². The number of hydrogen-bond donors (Lipinski definition) is 0. The molecule has 0 bridgehead atoms. The van der Waals surface area contributed by atoms with Crippen LogP contribution in [0.3, 0.4) is 0 Å². The summed E-state index contributed by atoms with van der Waals surface area (Å²) in [5, 5.41) is 10.6. The van der Waals surface area contributed by atoms with Crippen LogP contribution in [0.25, 0.3) is 0 Å². The Morgan fingerprint density at radius 3 is 2.37 bits per heavy atom. The molecule has 5 heteroatoms. The van der Waals surface area contributed by atoms with Gasteiger partial charge in [0, 0.05) is 18.7 Å². The molecule has 1 aromatic heterocycles. The zero-order chi connectivity index (χ0) is 14.1. The molecule has 0 unspecified atom stereocenters. The van der Waals surface area contributed by atoms with E-state index in [4.69, 9.17) is 0 Å². The Bertz CT molecular complexity index is 454. The predicted octanol–water partition coefficient (Wildman–Crippen LogP) is 3.51. The lowest BCUT2D eigenvalue weighted by atomic mass is 10.1. The van der Waals surface area contributed by atoms with Crippen LogP contribution in [0.15, 0.2) is 23.1 Å². The molecule has 19 heavy (non-hydrogen) atoms. The van der Waals surface area contributed by atoms with Crippen molar-refractivity contribution in [2.45, 2.75) is 58.4 Å². The average Bonchev–Trinajstić information content (AvgIpc) is 2.39. The van der Waals surface area contributed by atoms with Gasteiger partial charge in [0.25, 0.3) is 11.2 Å². The standard InChI is InChI=1S/C14H22N2O3/c1-2-3-4-5-6-7-8-11-15-12-13(16(18)19)9-10-14(15)17/h9-10,12H,2-8,11H2,1H3.